The number of nitrogens with one attached hydrogen (secondary N) is 2. The van der Waals surface area contributed by atoms with Crippen molar-refractivity contribution in [2.24, 2.45) is 0 Å². The molecule has 0 aliphatic heterocycles. The van der Waals surface area contributed by atoms with Crippen molar-refractivity contribution in [2.45, 2.75) is 6.92 Å². The van der Waals surface area contributed by atoms with Crippen molar-refractivity contribution in [1.29, 1.82) is 0 Å². The van der Waals surface area contributed by atoms with E-state index in [0.717, 1.165) is 5.56 Å². The van der Waals surface area contributed by atoms with Gasteiger partial charge >= 0.3 is 0 Å². The highest BCUT2D eigenvalue weighted by atomic mass is 19.1. The zero-order valence-corrected chi connectivity index (χ0v) is 16.4. The third-order valence-electron chi connectivity index (χ3n) is 4.91. The summed E-state index contributed by atoms with van der Waals surface area (Å²) in [5, 5.41) is 15.2. The molecule has 31 heavy (non-hydrogen) atoms. The number of aromatic nitrogens is 6. The second-order valence-corrected chi connectivity index (χ2v) is 6.95. The van der Waals surface area contributed by atoms with E-state index < -0.39 is 5.82 Å². The molecule has 0 atom stereocenters. The highest BCUT2D eigenvalue weighted by Crippen LogP contribution is 2.28. The molecule has 4 aromatic heterocycles. The number of fused-ring (bicyclic) bond motifs is 1. The lowest BCUT2D eigenvalue weighted by atomic mass is 10.1. The molecule has 0 aliphatic rings. The van der Waals surface area contributed by atoms with Crippen molar-refractivity contribution >= 4 is 17.1 Å². The van der Waals surface area contributed by atoms with Gasteiger partial charge < -0.3 is 10.3 Å². The molecule has 0 spiro atoms. The Morgan fingerprint density at radius 2 is 1.97 bits per heavy atom. The average Bonchev–Trinajstić information content (AvgIpc) is 3.44. The first-order chi connectivity index (χ1) is 15.1. The fourth-order valence-electron chi connectivity index (χ4n) is 3.30. The molecule has 9 heteroatoms. The number of anilines is 1. The van der Waals surface area contributed by atoms with Gasteiger partial charge in [0.05, 0.1) is 22.8 Å². The SMILES string of the molecule is Cc1cc(F)c(-c2nnc(-c3cccnc3)[nH]2)cc1NC(=O)c1cnn2ccccc12. The van der Waals surface area contributed by atoms with Crippen molar-refractivity contribution in [3.05, 3.63) is 84.2 Å². The van der Waals surface area contributed by atoms with Crippen LogP contribution < -0.4 is 5.32 Å². The third-order valence-corrected chi connectivity index (χ3v) is 4.91. The molecule has 1 amide bonds. The predicted molar refractivity (Wildman–Crippen MR) is 113 cm³/mol. The van der Waals surface area contributed by atoms with Crippen LogP contribution in [0, 0.1) is 12.7 Å². The first-order valence-corrected chi connectivity index (χ1v) is 9.47. The Morgan fingerprint density at radius 1 is 1.10 bits per heavy atom. The van der Waals surface area contributed by atoms with E-state index in [9.17, 15) is 9.18 Å². The number of hydrogen-bond donors (Lipinski definition) is 2. The number of hydrogen-bond acceptors (Lipinski definition) is 5. The Bertz CT molecular complexity index is 1410. The van der Waals surface area contributed by atoms with Gasteiger partial charge in [0.25, 0.3) is 5.91 Å². The Hall–Kier alpha value is -4.40. The van der Waals surface area contributed by atoms with E-state index in [-0.39, 0.29) is 17.3 Å². The van der Waals surface area contributed by atoms with E-state index >= 15 is 0 Å². The number of rotatable bonds is 4. The van der Waals surface area contributed by atoms with Gasteiger partial charge in [-0.1, -0.05) is 6.07 Å². The summed E-state index contributed by atoms with van der Waals surface area (Å²) in [6.45, 7) is 1.72. The Kier molecular flexibility index (Phi) is 4.47. The van der Waals surface area contributed by atoms with Crippen molar-refractivity contribution in [3.8, 4) is 22.8 Å². The summed E-state index contributed by atoms with van der Waals surface area (Å²) in [7, 11) is 0. The Labute approximate surface area is 175 Å². The number of carbonyl (C=O) groups excluding carboxylic acids is 1. The number of halogens is 1. The fraction of sp³-hybridized carbons (Fsp3) is 0.0455. The van der Waals surface area contributed by atoms with Gasteiger partial charge in [0.15, 0.2) is 11.6 Å². The highest BCUT2D eigenvalue weighted by Gasteiger charge is 2.18. The zero-order chi connectivity index (χ0) is 21.4. The van der Waals surface area contributed by atoms with Crippen LogP contribution in [-0.2, 0) is 0 Å². The van der Waals surface area contributed by atoms with Gasteiger partial charge in [0.1, 0.15) is 5.82 Å². The summed E-state index contributed by atoms with van der Waals surface area (Å²) in [4.78, 5) is 19.9. The first-order valence-electron chi connectivity index (χ1n) is 9.47. The molecule has 0 fully saturated rings. The van der Waals surface area contributed by atoms with Gasteiger partial charge in [0.2, 0.25) is 0 Å². The number of carbonyl (C=O) groups is 1. The van der Waals surface area contributed by atoms with Crippen LogP contribution in [0.25, 0.3) is 28.3 Å². The second kappa shape index (κ2) is 7.45. The van der Waals surface area contributed by atoms with Crippen LogP contribution in [0.4, 0.5) is 10.1 Å². The lowest BCUT2D eigenvalue weighted by Crippen LogP contribution is -2.13. The van der Waals surface area contributed by atoms with Crippen LogP contribution in [0.3, 0.4) is 0 Å². The van der Waals surface area contributed by atoms with Crippen LogP contribution in [0.5, 0.6) is 0 Å². The minimum atomic E-state index is -0.472. The van der Waals surface area contributed by atoms with Crippen LogP contribution in [0.2, 0.25) is 0 Å². The summed E-state index contributed by atoms with van der Waals surface area (Å²) < 4.78 is 16.3. The van der Waals surface area contributed by atoms with E-state index in [1.807, 2.05) is 18.2 Å². The predicted octanol–water partition coefficient (Wildman–Crippen LogP) is 3.88. The lowest BCUT2D eigenvalue weighted by Gasteiger charge is -2.10. The molecule has 0 bridgehead atoms. The molecular weight excluding hydrogens is 397 g/mol. The van der Waals surface area contributed by atoms with Gasteiger partial charge in [-0.15, -0.1) is 10.2 Å². The minimum absolute atomic E-state index is 0.198. The summed E-state index contributed by atoms with van der Waals surface area (Å²) in [6, 6.07) is 12.0. The van der Waals surface area contributed by atoms with Crippen LogP contribution in [-0.4, -0.2) is 35.7 Å². The Balaban J connectivity index is 1.48. The van der Waals surface area contributed by atoms with Gasteiger partial charge in [-0.25, -0.2) is 8.91 Å². The maximum atomic E-state index is 14.7. The number of amides is 1. The van der Waals surface area contributed by atoms with Gasteiger partial charge in [-0.05, 0) is 48.9 Å². The number of aryl methyl sites for hydroxylation is 1. The number of aromatic amines is 1. The third kappa shape index (κ3) is 3.42. The van der Waals surface area contributed by atoms with Gasteiger partial charge in [-0.2, -0.15) is 5.10 Å². The normalized spacial score (nSPS) is 11.0. The molecule has 8 nitrogen and oxygen atoms in total. The van der Waals surface area contributed by atoms with E-state index in [1.165, 1.54) is 12.3 Å². The van der Waals surface area contributed by atoms with Crippen LogP contribution >= 0.6 is 0 Å². The van der Waals surface area contributed by atoms with Crippen molar-refractivity contribution in [1.82, 2.24) is 29.8 Å². The van der Waals surface area contributed by atoms with Crippen LogP contribution in [0.1, 0.15) is 15.9 Å². The highest BCUT2D eigenvalue weighted by molar-refractivity contribution is 6.09. The molecule has 0 saturated heterocycles. The van der Waals surface area contributed by atoms with E-state index in [4.69, 9.17) is 0 Å². The molecule has 5 aromatic rings. The largest absolute Gasteiger partial charge is 0.322 e. The number of benzene rings is 1. The molecule has 5 rings (SSSR count). The molecule has 0 aliphatic carbocycles. The van der Waals surface area contributed by atoms with E-state index in [2.05, 4.69) is 30.6 Å². The van der Waals surface area contributed by atoms with Crippen LogP contribution in [0.15, 0.2) is 67.3 Å². The van der Waals surface area contributed by atoms with Gasteiger partial charge in [-0.3, -0.25) is 9.78 Å². The maximum Gasteiger partial charge on any atom is 0.259 e. The second-order valence-electron chi connectivity index (χ2n) is 6.95. The quantitative estimate of drug-likeness (QED) is 0.466. The molecule has 152 valence electrons. The molecule has 2 N–H and O–H groups in total. The van der Waals surface area contributed by atoms with Gasteiger partial charge in [0, 0.05) is 29.8 Å². The topological polar surface area (TPSA) is 101 Å². The smallest absolute Gasteiger partial charge is 0.259 e. The summed E-state index contributed by atoms with van der Waals surface area (Å²) >= 11 is 0. The summed E-state index contributed by atoms with van der Waals surface area (Å²) in [6.07, 6.45) is 6.55. The molecule has 0 unspecified atom stereocenters. The fourth-order valence-corrected chi connectivity index (χ4v) is 3.30. The van der Waals surface area contributed by atoms with Crippen molar-refractivity contribution in [3.63, 3.8) is 0 Å². The number of H-pyrrole nitrogens is 1. The molecule has 0 saturated carbocycles. The first kappa shape index (κ1) is 18.6. The molecular formula is C22H16FN7O. The standard InChI is InChI=1S/C22H16FN7O/c1-13-9-17(23)15(21-27-20(28-29-21)14-5-4-7-24-11-14)10-18(13)26-22(31)16-12-25-30-8-3-2-6-19(16)30/h2-12H,1H3,(H,26,31)(H,27,28,29). The van der Waals surface area contributed by atoms with Crippen molar-refractivity contribution < 1.29 is 9.18 Å². The molecule has 4 heterocycles. The number of pyridine rings is 2. The lowest BCUT2D eigenvalue weighted by molar-refractivity contribution is 0.102. The monoisotopic (exact) mass is 413 g/mol. The molecule has 0 radical (unpaired) electrons. The number of nitrogens with zero attached hydrogens (tertiary/aromatic N) is 5. The Morgan fingerprint density at radius 3 is 2.81 bits per heavy atom. The summed E-state index contributed by atoms with van der Waals surface area (Å²) in [5.41, 5.74) is 3.08. The van der Waals surface area contributed by atoms with E-state index in [0.29, 0.717) is 28.2 Å². The minimum Gasteiger partial charge on any atom is -0.322 e. The zero-order valence-electron chi connectivity index (χ0n) is 16.4. The molecule has 1 aromatic carbocycles. The van der Waals surface area contributed by atoms with Crippen molar-refractivity contribution in [2.75, 3.05) is 5.32 Å². The van der Waals surface area contributed by atoms with E-state index in [1.54, 1.807) is 48.2 Å². The summed E-state index contributed by atoms with van der Waals surface area (Å²) in [5.74, 6) is -0.0845. The average molecular weight is 413 g/mol. The maximum absolute atomic E-state index is 14.7.